The summed E-state index contributed by atoms with van der Waals surface area (Å²) in [4.78, 5) is 9.25. The van der Waals surface area contributed by atoms with Crippen LogP contribution in [0.3, 0.4) is 0 Å². The summed E-state index contributed by atoms with van der Waals surface area (Å²) < 4.78 is 19.8. The fourth-order valence-electron chi connectivity index (χ4n) is 2.21. The van der Waals surface area contributed by atoms with Crippen molar-refractivity contribution in [1.82, 2.24) is 9.97 Å². The molecule has 0 saturated heterocycles. The van der Waals surface area contributed by atoms with Gasteiger partial charge in [-0.1, -0.05) is 11.6 Å². The Morgan fingerprint density at radius 2 is 2.14 bits per heavy atom. The van der Waals surface area contributed by atoms with E-state index in [0.717, 1.165) is 26.2 Å². The zero-order valence-corrected chi connectivity index (χ0v) is 13.1. The third-order valence-electron chi connectivity index (χ3n) is 3.15. The number of benzene rings is 1. The molecule has 3 nitrogen and oxygen atoms in total. The Labute approximate surface area is 130 Å². The zero-order valence-electron chi connectivity index (χ0n) is 11.5. The van der Waals surface area contributed by atoms with Crippen LogP contribution in [0.2, 0.25) is 5.15 Å². The third kappa shape index (κ3) is 2.47. The topological polar surface area (TPSA) is 35.0 Å². The summed E-state index contributed by atoms with van der Waals surface area (Å²) in [6.07, 6.45) is 1.45. The van der Waals surface area contributed by atoms with Crippen LogP contribution in [0.1, 0.15) is 12.5 Å². The van der Waals surface area contributed by atoms with Crippen LogP contribution in [-0.4, -0.2) is 16.6 Å². The van der Waals surface area contributed by atoms with Crippen molar-refractivity contribution in [2.24, 2.45) is 0 Å². The molecule has 0 N–H and O–H groups in total. The van der Waals surface area contributed by atoms with E-state index in [4.69, 9.17) is 16.3 Å². The molecule has 108 valence electrons. The van der Waals surface area contributed by atoms with E-state index >= 15 is 0 Å². The number of aromatic nitrogens is 2. The van der Waals surface area contributed by atoms with Crippen LogP contribution in [0.5, 0.6) is 5.75 Å². The minimum atomic E-state index is -0.321. The number of aryl methyl sites for hydroxylation is 1. The van der Waals surface area contributed by atoms with E-state index in [0.29, 0.717) is 17.5 Å². The lowest BCUT2D eigenvalue weighted by molar-refractivity contribution is 0.340. The summed E-state index contributed by atoms with van der Waals surface area (Å²) in [6.45, 7) is 4.31. The van der Waals surface area contributed by atoms with Crippen molar-refractivity contribution in [2.45, 2.75) is 13.8 Å². The highest BCUT2D eigenvalue weighted by Gasteiger charge is 2.17. The first kappa shape index (κ1) is 14.2. The Hall–Kier alpha value is -1.72. The van der Waals surface area contributed by atoms with Gasteiger partial charge in [-0.2, -0.15) is 0 Å². The van der Waals surface area contributed by atoms with Crippen LogP contribution in [0.4, 0.5) is 4.39 Å². The predicted molar refractivity (Wildman–Crippen MR) is 83.7 cm³/mol. The highest BCUT2D eigenvalue weighted by atomic mass is 35.5. The zero-order chi connectivity index (χ0) is 15.0. The molecule has 0 amide bonds. The number of nitrogens with zero attached hydrogens (tertiary/aromatic N) is 2. The molecule has 21 heavy (non-hydrogen) atoms. The van der Waals surface area contributed by atoms with E-state index in [9.17, 15) is 4.39 Å². The van der Waals surface area contributed by atoms with Gasteiger partial charge in [0.1, 0.15) is 23.0 Å². The molecule has 0 unspecified atom stereocenters. The van der Waals surface area contributed by atoms with Crippen molar-refractivity contribution in [3.8, 4) is 16.2 Å². The number of hydrogen-bond donors (Lipinski definition) is 0. The largest absolute Gasteiger partial charge is 0.493 e. The summed E-state index contributed by atoms with van der Waals surface area (Å²) in [5.41, 5.74) is 2.66. The summed E-state index contributed by atoms with van der Waals surface area (Å²) in [7, 11) is 0. The van der Waals surface area contributed by atoms with E-state index in [1.807, 2.05) is 13.8 Å². The lowest BCUT2D eigenvalue weighted by atomic mass is 10.1. The lowest BCUT2D eigenvalue weighted by Gasteiger charge is -2.09. The van der Waals surface area contributed by atoms with Crippen molar-refractivity contribution in [2.75, 3.05) is 6.61 Å². The fraction of sp³-hybridized carbons (Fsp3) is 0.200. The standard InChI is InChI=1S/C15H12ClFN2OS/c1-3-20-11-6-9(17)4-5-10(11)13-8(2)12-14(21-13)15(16)19-7-18-12/h4-7H,3H2,1-2H3. The van der Waals surface area contributed by atoms with Gasteiger partial charge in [-0.05, 0) is 31.5 Å². The van der Waals surface area contributed by atoms with Crippen LogP contribution in [0.15, 0.2) is 24.5 Å². The molecule has 3 aromatic rings. The monoisotopic (exact) mass is 322 g/mol. The molecule has 2 aromatic heterocycles. The van der Waals surface area contributed by atoms with Gasteiger partial charge in [0.05, 0.1) is 16.8 Å². The number of rotatable bonds is 3. The average molecular weight is 323 g/mol. The van der Waals surface area contributed by atoms with Gasteiger partial charge in [0.25, 0.3) is 0 Å². The number of thiophene rings is 1. The quantitative estimate of drug-likeness (QED) is 0.646. The molecule has 0 aliphatic carbocycles. The van der Waals surface area contributed by atoms with Crippen LogP contribution in [0, 0.1) is 12.7 Å². The molecule has 2 heterocycles. The average Bonchev–Trinajstić information content (AvgIpc) is 2.79. The molecule has 0 fully saturated rings. The first-order valence-corrected chi connectivity index (χ1v) is 7.63. The van der Waals surface area contributed by atoms with Gasteiger partial charge < -0.3 is 4.74 Å². The van der Waals surface area contributed by atoms with Gasteiger partial charge in [0.15, 0.2) is 0 Å². The molecular formula is C15H12ClFN2OS. The molecule has 6 heteroatoms. The van der Waals surface area contributed by atoms with Gasteiger partial charge in [-0.3, -0.25) is 0 Å². The van der Waals surface area contributed by atoms with Crippen molar-refractivity contribution in [3.63, 3.8) is 0 Å². The minimum Gasteiger partial charge on any atom is -0.493 e. The normalized spacial score (nSPS) is 11.0. The second-order valence-electron chi connectivity index (χ2n) is 4.47. The highest BCUT2D eigenvalue weighted by molar-refractivity contribution is 7.23. The third-order valence-corrected chi connectivity index (χ3v) is 4.87. The SMILES string of the molecule is CCOc1cc(F)ccc1-c1sc2c(Cl)ncnc2c1C. The smallest absolute Gasteiger partial charge is 0.150 e. The summed E-state index contributed by atoms with van der Waals surface area (Å²) >= 11 is 7.61. The maximum absolute atomic E-state index is 13.4. The van der Waals surface area contributed by atoms with Crippen molar-refractivity contribution in [1.29, 1.82) is 0 Å². The van der Waals surface area contributed by atoms with Crippen LogP contribution >= 0.6 is 22.9 Å². The Morgan fingerprint density at radius 1 is 1.33 bits per heavy atom. The first-order valence-electron chi connectivity index (χ1n) is 6.44. The summed E-state index contributed by atoms with van der Waals surface area (Å²) in [6, 6.07) is 4.55. The number of ether oxygens (including phenoxy) is 1. The van der Waals surface area contributed by atoms with E-state index < -0.39 is 0 Å². The number of fused-ring (bicyclic) bond motifs is 1. The van der Waals surface area contributed by atoms with E-state index in [1.54, 1.807) is 6.07 Å². The Kier molecular flexibility index (Phi) is 3.78. The number of halogens is 2. The van der Waals surface area contributed by atoms with Crippen molar-refractivity contribution >= 4 is 33.2 Å². The van der Waals surface area contributed by atoms with Crippen LogP contribution in [0.25, 0.3) is 20.7 Å². The molecule has 0 aliphatic heterocycles. The minimum absolute atomic E-state index is 0.321. The molecule has 0 bridgehead atoms. The van der Waals surface area contributed by atoms with Gasteiger partial charge >= 0.3 is 0 Å². The van der Waals surface area contributed by atoms with E-state index in [2.05, 4.69) is 9.97 Å². The summed E-state index contributed by atoms with van der Waals surface area (Å²) in [5.74, 6) is 0.204. The van der Waals surface area contributed by atoms with E-state index in [1.165, 1.54) is 29.8 Å². The predicted octanol–water partition coefficient (Wildman–Crippen LogP) is 4.86. The Bertz CT molecular complexity index is 819. The lowest BCUT2D eigenvalue weighted by Crippen LogP contribution is -1.94. The Balaban J connectivity index is 2.25. The molecule has 0 spiro atoms. The molecule has 0 aliphatic rings. The Morgan fingerprint density at radius 3 is 2.86 bits per heavy atom. The molecule has 3 rings (SSSR count). The molecule has 0 saturated carbocycles. The van der Waals surface area contributed by atoms with E-state index in [-0.39, 0.29) is 5.82 Å². The first-order chi connectivity index (χ1) is 10.1. The van der Waals surface area contributed by atoms with Crippen molar-refractivity contribution < 1.29 is 9.13 Å². The van der Waals surface area contributed by atoms with Crippen molar-refractivity contribution in [3.05, 3.63) is 41.1 Å². The maximum Gasteiger partial charge on any atom is 0.150 e. The van der Waals surface area contributed by atoms with Gasteiger partial charge in [0.2, 0.25) is 0 Å². The van der Waals surface area contributed by atoms with Gasteiger partial charge in [-0.15, -0.1) is 11.3 Å². The maximum atomic E-state index is 13.4. The number of hydrogen-bond acceptors (Lipinski definition) is 4. The second-order valence-corrected chi connectivity index (χ2v) is 5.85. The van der Waals surface area contributed by atoms with Gasteiger partial charge in [-0.25, -0.2) is 14.4 Å². The van der Waals surface area contributed by atoms with Gasteiger partial charge in [0, 0.05) is 16.5 Å². The fourth-order valence-corrected chi connectivity index (χ4v) is 3.63. The highest BCUT2D eigenvalue weighted by Crippen LogP contribution is 2.42. The summed E-state index contributed by atoms with van der Waals surface area (Å²) in [5, 5.41) is 0.430. The second kappa shape index (κ2) is 5.58. The molecular weight excluding hydrogens is 311 g/mol. The van der Waals surface area contributed by atoms with Crippen LogP contribution in [-0.2, 0) is 0 Å². The molecule has 0 atom stereocenters. The molecule has 1 aromatic carbocycles. The van der Waals surface area contributed by atoms with Crippen LogP contribution < -0.4 is 4.74 Å². The molecule has 0 radical (unpaired) electrons.